The summed E-state index contributed by atoms with van der Waals surface area (Å²) in [7, 11) is 0. The zero-order valence-electron chi connectivity index (χ0n) is 9.38. The molecule has 1 saturated carbocycles. The molecule has 1 aromatic carbocycles. The summed E-state index contributed by atoms with van der Waals surface area (Å²) in [6.07, 6.45) is 4.95. The quantitative estimate of drug-likeness (QED) is 0.775. The first-order chi connectivity index (χ1) is 7.65. The molecule has 0 aromatic heterocycles. The van der Waals surface area contributed by atoms with Crippen LogP contribution in [0.5, 0.6) is 5.75 Å². The van der Waals surface area contributed by atoms with Crippen molar-refractivity contribution in [2.24, 2.45) is 5.92 Å². The van der Waals surface area contributed by atoms with Crippen LogP contribution in [0, 0.1) is 11.7 Å². The van der Waals surface area contributed by atoms with Gasteiger partial charge < -0.3 is 4.74 Å². The van der Waals surface area contributed by atoms with Crippen molar-refractivity contribution < 1.29 is 9.13 Å². The molecule has 0 heterocycles. The maximum atomic E-state index is 12.9. The Balaban J connectivity index is 1.98. The minimum atomic E-state index is -0.239. The van der Waals surface area contributed by atoms with Gasteiger partial charge in [-0.25, -0.2) is 4.39 Å². The minimum Gasteiger partial charge on any atom is -0.489 e. The van der Waals surface area contributed by atoms with Crippen molar-refractivity contribution in [1.29, 1.82) is 0 Å². The van der Waals surface area contributed by atoms with Crippen molar-refractivity contribution in [3.63, 3.8) is 0 Å². The lowest BCUT2D eigenvalue weighted by molar-refractivity contribution is 0.134. The molecule has 1 fully saturated rings. The molecule has 0 N–H and O–H groups in total. The van der Waals surface area contributed by atoms with Crippen molar-refractivity contribution in [1.82, 2.24) is 0 Å². The second-order valence-corrected chi connectivity index (χ2v) is 5.43. The Bertz CT molecular complexity index is 359. The third-order valence-electron chi connectivity index (χ3n) is 3.15. The Morgan fingerprint density at radius 2 is 1.94 bits per heavy atom. The second kappa shape index (κ2) is 5.17. The van der Waals surface area contributed by atoms with E-state index in [1.165, 1.54) is 25.0 Å². The maximum Gasteiger partial charge on any atom is 0.134 e. The second-order valence-electron chi connectivity index (χ2n) is 4.57. The van der Waals surface area contributed by atoms with E-state index < -0.39 is 0 Å². The fourth-order valence-electron chi connectivity index (χ4n) is 2.10. The number of hydrogen-bond acceptors (Lipinski definition) is 1. The Hall–Kier alpha value is -0.570. The summed E-state index contributed by atoms with van der Waals surface area (Å²) in [4.78, 5) is 0. The zero-order valence-corrected chi connectivity index (χ0v) is 11.0. The normalized spacial score (nSPS) is 25.4. The average Bonchev–Trinajstić information content (AvgIpc) is 2.25. The number of benzene rings is 1. The first-order valence-electron chi connectivity index (χ1n) is 5.77. The molecule has 0 saturated heterocycles. The number of rotatable bonds is 2. The van der Waals surface area contributed by atoms with E-state index >= 15 is 0 Å². The third-order valence-corrected chi connectivity index (χ3v) is 3.77. The topological polar surface area (TPSA) is 9.23 Å². The van der Waals surface area contributed by atoms with Gasteiger partial charge in [0.05, 0.1) is 10.6 Å². The molecule has 3 heteroatoms. The minimum absolute atomic E-state index is 0.239. The zero-order chi connectivity index (χ0) is 11.5. The van der Waals surface area contributed by atoms with E-state index in [0.29, 0.717) is 4.47 Å². The molecule has 0 spiro atoms. The summed E-state index contributed by atoms with van der Waals surface area (Å²) in [6.45, 7) is 2.28. The van der Waals surface area contributed by atoms with Crippen LogP contribution in [0.3, 0.4) is 0 Å². The maximum absolute atomic E-state index is 12.9. The van der Waals surface area contributed by atoms with Gasteiger partial charge in [-0.05, 0) is 65.7 Å². The van der Waals surface area contributed by atoms with Crippen molar-refractivity contribution >= 4 is 15.9 Å². The molecule has 1 aliphatic carbocycles. The molecule has 0 atom stereocenters. The number of ether oxygens (including phenoxy) is 1. The van der Waals surface area contributed by atoms with Gasteiger partial charge >= 0.3 is 0 Å². The summed E-state index contributed by atoms with van der Waals surface area (Å²) in [5, 5.41) is 0. The molecule has 2 rings (SSSR count). The van der Waals surface area contributed by atoms with Crippen LogP contribution in [0.1, 0.15) is 32.6 Å². The largest absolute Gasteiger partial charge is 0.489 e. The Kier molecular flexibility index (Phi) is 3.85. The molecule has 16 heavy (non-hydrogen) atoms. The van der Waals surface area contributed by atoms with Gasteiger partial charge in [-0.1, -0.05) is 6.92 Å². The van der Waals surface area contributed by atoms with Crippen LogP contribution in [0.4, 0.5) is 4.39 Å². The van der Waals surface area contributed by atoms with E-state index in [0.717, 1.165) is 24.5 Å². The first-order valence-corrected chi connectivity index (χ1v) is 6.56. The van der Waals surface area contributed by atoms with E-state index in [9.17, 15) is 4.39 Å². The summed E-state index contributed by atoms with van der Waals surface area (Å²) < 4.78 is 19.5. The lowest BCUT2D eigenvalue weighted by atomic mass is 9.89. The van der Waals surface area contributed by atoms with Gasteiger partial charge in [-0.2, -0.15) is 0 Å². The van der Waals surface area contributed by atoms with Crippen molar-refractivity contribution in [2.75, 3.05) is 0 Å². The molecule has 88 valence electrons. The first kappa shape index (κ1) is 11.9. The Morgan fingerprint density at radius 1 is 1.25 bits per heavy atom. The van der Waals surface area contributed by atoms with Crippen LogP contribution < -0.4 is 4.74 Å². The van der Waals surface area contributed by atoms with E-state index in [-0.39, 0.29) is 11.9 Å². The molecular weight excluding hydrogens is 271 g/mol. The predicted molar refractivity (Wildman–Crippen MR) is 66.1 cm³/mol. The number of hydrogen-bond donors (Lipinski definition) is 0. The van der Waals surface area contributed by atoms with Gasteiger partial charge in [0.2, 0.25) is 0 Å². The predicted octanol–water partition coefficient (Wildman–Crippen LogP) is 4.55. The standard InChI is InChI=1S/C13H16BrFO/c1-9-2-5-11(6-3-9)16-13-7-4-10(15)8-12(13)14/h4,7-9,11H,2-3,5-6H2,1H3. The lowest BCUT2D eigenvalue weighted by Crippen LogP contribution is -2.23. The summed E-state index contributed by atoms with van der Waals surface area (Å²) in [5.74, 6) is 1.33. The van der Waals surface area contributed by atoms with Gasteiger partial charge in [-0.15, -0.1) is 0 Å². The van der Waals surface area contributed by atoms with E-state index in [1.54, 1.807) is 6.07 Å². The SMILES string of the molecule is CC1CCC(Oc2ccc(F)cc2Br)CC1. The van der Waals surface area contributed by atoms with Crippen LogP contribution in [0.25, 0.3) is 0 Å². The molecule has 0 bridgehead atoms. The molecule has 1 nitrogen and oxygen atoms in total. The molecule has 0 unspecified atom stereocenters. The molecule has 1 aromatic rings. The van der Waals surface area contributed by atoms with E-state index in [4.69, 9.17) is 4.74 Å². The molecule has 0 aliphatic heterocycles. The van der Waals surface area contributed by atoms with E-state index in [1.807, 2.05) is 0 Å². The van der Waals surface area contributed by atoms with Crippen molar-refractivity contribution in [3.8, 4) is 5.75 Å². The highest BCUT2D eigenvalue weighted by Gasteiger charge is 2.20. The summed E-state index contributed by atoms with van der Waals surface area (Å²) in [5.41, 5.74) is 0. The highest BCUT2D eigenvalue weighted by atomic mass is 79.9. The Morgan fingerprint density at radius 3 is 2.56 bits per heavy atom. The van der Waals surface area contributed by atoms with E-state index in [2.05, 4.69) is 22.9 Å². The molecule has 0 amide bonds. The van der Waals surface area contributed by atoms with Crippen molar-refractivity contribution in [2.45, 2.75) is 38.7 Å². The highest BCUT2D eigenvalue weighted by Crippen LogP contribution is 2.31. The fourth-order valence-corrected chi connectivity index (χ4v) is 2.54. The summed E-state index contributed by atoms with van der Waals surface area (Å²) in [6, 6.07) is 4.57. The molecule has 1 aliphatic rings. The number of halogens is 2. The van der Waals surface area contributed by atoms with Crippen LogP contribution in [0.2, 0.25) is 0 Å². The lowest BCUT2D eigenvalue weighted by Gasteiger charge is -2.27. The summed E-state index contributed by atoms with van der Waals surface area (Å²) >= 11 is 3.32. The van der Waals surface area contributed by atoms with Crippen LogP contribution in [0.15, 0.2) is 22.7 Å². The van der Waals surface area contributed by atoms with Crippen molar-refractivity contribution in [3.05, 3.63) is 28.5 Å². The van der Waals surface area contributed by atoms with Gasteiger partial charge in [-0.3, -0.25) is 0 Å². The third kappa shape index (κ3) is 2.97. The smallest absolute Gasteiger partial charge is 0.134 e. The van der Waals surface area contributed by atoms with Gasteiger partial charge in [0, 0.05) is 0 Å². The van der Waals surface area contributed by atoms with Crippen LogP contribution >= 0.6 is 15.9 Å². The fraction of sp³-hybridized carbons (Fsp3) is 0.538. The van der Waals surface area contributed by atoms with Gasteiger partial charge in [0.15, 0.2) is 0 Å². The van der Waals surface area contributed by atoms with Gasteiger partial charge in [0.1, 0.15) is 11.6 Å². The van der Waals surface area contributed by atoms with Crippen LogP contribution in [-0.2, 0) is 0 Å². The Labute approximate surface area is 104 Å². The average molecular weight is 287 g/mol. The van der Waals surface area contributed by atoms with Gasteiger partial charge in [0.25, 0.3) is 0 Å². The van der Waals surface area contributed by atoms with Crippen LogP contribution in [-0.4, -0.2) is 6.10 Å². The highest BCUT2D eigenvalue weighted by molar-refractivity contribution is 9.10. The molecular formula is C13H16BrFO. The monoisotopic (exact) mass is 286 g/mol. The molecule has 0 radical (unpaired) electrons.